The summed E-state index contributed by atoms with van der Waals surface area (Å²) in [7, 11) is 0. The van der Waals surface area contributed by atoms with Crippen LogP contribution in [0.5, 0.6) is 5.19 Å². The first-order valence-corrected chi connectivity index (χ1v) is 3.80. The van der Waals surface area contributed by atoms with Crippen LogP contribution in [0.15, 0.2) is 6.33 Å². The Morgan fingerprint density at radius 1 is 1.70 bits per heavy atom. The first kappa shape index (κ1) is 7.43. The lowest BCUT2D eigenvalue weighted by Crippen LogP contribution is -2.05. The van der Waals surface area contributed by atoms with Crippen LogP contribution in [0.3, 0.4) is 0 Å². The van der Waals surface area contributed by atoms with Gasteiger partial charge in [0.05, 0.1) is 6.61 Å². The van der Waals surface area contributed by atoms with Crippen LogP contribution >= 0.6 is 11.5 Å². The molecule has 0 fully saturated rings. The predicted octanol–water partition coefficient (Wildman–Crippen LogP) is 0.266. The van der Waals surface area contributed by atoms with Crippen molar-refractivity contribution in [3.05, 3.63) is 6.33 Å². The van der Waals surface area contributed by atoms with Gasteiger partial charge in [0, 0.05) is 11.5 Å². The molecule has 0 spiro atoms. The lowest BCUT2D eigenvalue weighted by atomic mass is 10.5. The molecule has 0 aliphatic carbocycles. The highest BCUT2D eigenvalue weighted by atomic mass is 32.1. The summed E-state index contributed by atoms with van der Waals surface area (Å²) in [5, 5.41) is 0.619. The molecule has 1 rings (SSSR count). The average molecular weight is 159 g/mol. The number of rotatable bonds is 4. The third-order valence-corrected chi connectivity index (χ3v) is 1.49. The molecule has 0 radical (unpaired) electrons. The van der Waals surface area contributed by atoms with E-state index in [-0.39, 0.29) is 0 Å². The van der Waals surface area contributed by atoms with Gasteiger partial charge in [-0.2, -0.15) is 9.36 Å². The summed E-state index contributed by atoms with van der Waals surface area (Å²) in [6.45, 7) is 1.28. The lowest BCUT2D eigenvalue weighted by Gasteiger charge is -1.97. The van der Waals surface area contributed by atoms with Crippen molar-refractivity contribution in [2.75, 3.05) is 13.2 Å². The third kappa shape index (κ3) is 2.28. The van der Waals surface area contributed by atoms with E-state index in [9.17, 15) is 0 Å². The van der Waals surface area contributed by atoms with Gasteiger partial charge >= 0.3 is 0 Å². The first-order chi connectivity index (χ1) is 4.93. The van der Waals surface area contributed by atoms with Crippen LogP contribution in [0.2, 0.25) is 0 Å². The number of aromatic nitrogens is 2. The number of hydrogen-bond donors (Lipinski definition) is 1. The fourth-order valence-electron chi connectivity index (χ4n) is 0.469. The van der Waals surface area contributed by atoms with E-state index in [4.69, 9.17) is 10.5 Å². The number of ether oxygens (including phenoxy) is 1. The first-order valence-electron chi connectivity index (χ1n) is 3.03. The molecule has 2 N–H and O–H groups in total. The Morgan fingerprint density at radius 3 is 3.20 bits per heavy atom. The van der Waals surface area contributed by atoms with E-state index in [0.717, 1.165) is 6.42 Å². The summed E-state index contributed by atoms with van der Waals surface area (Å²) >= 11 is 1.25. The van der Waals surface area contributed by atoms with Crippen molar-refractivity contribution in [1.82, 2.24) is 9.36 Å². The van der Waals surface area contributed by atoms with Gasteiger partial charge < -0.3 is 10.5 Å². The molecule has 0 saturated carbocycles. The minimum atomic E-state index is 0.619. The maximum atomic E-state index is 5.26. The molecular formula is C5H9N3OS. The molecule has 4 nitrogen and oxygen atoms in total. The molecule has 1 heterocycles. The van der Waals surface area contributed by atoms with Crippen molar-refractivity contribution in [1.29, 1.82) is 0 Å². The summed E-state index contributed by atoms with van der Waals surface area (Å²) in [6, 6.07) is 0. The van der Waals surface area contributed by atoms with E-state index in [0.29, 0.717) is 18.3 Å². The van der Waals surface area contributed by atoms with Crippen molar-refractivity contribution < 1.29 is 4.74 Å². The molecule has 1 aromatic heterocycles. The van der Waals surface area contributed by atoms with Gasteiger partial charge in [0.1, 0.15) is 6.33 Å². The van der Waals surface area contributed by atoms with E-state index < -0.39 is 0 Å². The minimum absolute atomic E-state index is 0.619. The van der Waals surface area contributed by atoms with Gasteiger partial charge in [0.15, 0.2) is 0 Å². The Hall–Kier alpha value is -0.680. The van der Waals surface area contributed by atoms with Crippen LogP contribution in [-0.4, -0.2) is 22.5 Å². The molecule has 56 valence electrons. The summed E-state index contributed by atoms with van der Waals surface area (Å²) in [5.74, 6) is 0. The Balaban J connectivity index is 2.15. The van der Waals surface area contributed by atoms with Crippen LogP contribution in [0.25, 0.3) is 0 Å². The topological polar surface area (TPSA) is 61.0 Å². The Labute approximate surface area is 63.2 Å². The van der Waals surface area contributed by atoms with E-state index in [1.165, 1.54) is 17.9 Å². The Kier molecular flexibility index (Phi) is 3.11. The predicted molar refractivity (Wildman–Crippen MR) is 39.1 cm³/mol. The zero-order valence-corrected chi connectivity index (χ0v) is 6.30. The van der Waals surface area contributed by atoms with E-state index in [1.54, 1.807) is 0 Å². The number of hydrogen-bond acceptors (Lipinski definition) is 5. The Bertz CT molecular complexity index is 165. The normalized spacial score (nSPS) is 9.70. The highest BCUT2D eigenvalue weighted by Crippen LogP contribution is 2.09. The average Bonchev–Trinajstić information content (AvgIpc) is 2.41. The van der Waals surface area contributed by atoms with Gasteiger partial charge in [0.2, 0.25) is 0 Å². The van der Waals surface area contributed by atoms with Crippen molar-refractivity contribution in [3.63, 3.8) is 0 Å². The summed E-state index contributed by atoms with van der Waals surface area (Å²) in [6.07, 6.45) is 2.34. The molecule has 0 bridgehead atoms. The van der Waals surface area contributed by atoms with Crippen LogP contribution in [0.1, 0.15) is 6.42 Å². The molecule has 0 aliphatic rings. The van der Waals surface area contributed by atoms with Crippen LogP contribution in [0, 0.1) is 0 Å². The van der Waals surface area contributed by atoms with Gasteiger partial charge in [-0.15, -0.1) is 0 Å². The van der Waals surface area contributed by atoms with E-state index >= 15 is 0 Å². The van der Waals surface area contributed by atoms with Gasteiger partial charge in [-0.25, -0.2) is 0 Å². The fourth-order valence-corrected chi connectivity index (χ4v) is 0.884. The molecule has 0 aliphatic heterocycles. The van der Waals surface area contributed by atoms with Crippen LogP contribution < -0.4 is 10.5 Å². The van der Waals surface area contributed by atoms with Gasteiger partial charge in [-0.3, -0.25) is 0 Å². The highest BCUT2D eigenvalue weighted by Gasteiger charge is 1.93. The molecule has 1 aromatic rings. The summed E-state index contributed by atoms with van der Waals surface area (Å²) < 4.78 is 8.93. The van der Waals surface area contributed by atoms with Crippen molar-refractivity contribution in [2.24, 2.45) is 5.73 Å². The van der Waals surface area contributed by atoms with Crippen molar-refractivity contribution >= 4 is 11.5 Å². The second-order valence-corrected chi connectivity index (χ2v) is 2.44. The molecule has 0 saturated heterocycles. The highest BCUT2D eigenvalue weighted by molar-refractivity contribution is 7.07. The molecular weight excluding hydrogens is 150 g/mol. The quantitative estimate of drug-likeness (QED) is 0.640. The molecule has 0 unspecified atom stereocenters. The van der Waals surface area contributed by atoms with E-state index in [1.807, 2.05) is 0 Å². The third-order valence-electron chi connectivity index (χ3n) is 0.915. The largest absolute Gasteiger partial charge is 0.469 e. The van der Waals surface area contributed by atoms with Crippen LogP contribution in [0.4, 0.5) is 0 Å². The van der Waals surface area contributed by atoms with Crippen molar-refractivity contribution in [3.8, 4) is 5.19 Å². The molecule has 0 amide bonds. The van der Waals surface area contributed by atoms with Gasteiger partial charge in [0.25, 0.3) is 5.19 Å². The minimum Gasteiger partial charge on any atom is -0.469 e. The molecule has 10 heavy (non-hydrogen) atoms. The number of nitrogens with two attached hydrogens (primary N) is 1. The van der Waals surface area contributed by atoms with E-state index in [2.05, 4.69) is 9.36 Å². The zero-order valence-electron chi connectivity index (χ0n) is 5.49. The van der Waals surface area contributed by atoms with Crippen molar-refractivity contribution in [2.45, 2.75) is 6.42 Å². The van der Waals surface area contributed by atoms with Gasteiger partial charge in [-0.1, -0.05) is 0 Å². The summed E-state index contributed by atoms with van der Waals surface area (Å²) in [5.41, 5.74) is 5.26. The maximum Gasteiger partial charge on any atom is 0.292 e. The Morgan fingerprint density at radius 2 is 2.60 bits per heavy atom. The smallest absolute Gasteiger partial charge is 0.292 e. The summed E-state index contributed by atoms with van der Waals surface area (Å²) in [4.78, 5) is 3.83. The fraction of sp³-hybridized carbons (Fsp3) is 0.600. The van der Waals surface area contributed by atoms with Gasteiger partial charge in [-0.05, 0) is 13.0 Å². The van der Waals surface area contributed by atoms with Crippen LogP contribution in [-0.2, 0) is 0 Å². The second-order valence-electron chi connectivity index (χ2n) is 1.70. The SMILES string of the molecule is NCCCOc1ncns1. The number of nitrogens with zero attached hydrogens (tertiary/aromatic N) is 2. The zero-order chi connectivity index (χ0) is 7.23. The molecule has 0 atom stereocenters. The molecule has 5 heteroatoms. The standard InChI is InChI=1S/C5H9N3OS/c6-2-1-3-9-5-7-4-8-10-5/h4H,1-3,6H2. The maximum absolute atomic E-state index is 5.26. The monoisotopic (exact) mass is 159 g/mol. The lowest BCUT2D eigenvalue weighted by molar-refractivity contribution is 0.312. The second kappa shape index (κ2) is 4.19. The molecule has 0 aromatic carbocycles.